The summed E-state index contributed by atoms with van der Waals surface area (Å²) in [5.41, 5.74) is 0.516. The standard InChI is InChI=1S/C19H22N2O4/c1-24-17-9-5-6-15(14-17)19(23)21-12-11-20-18(22)10-13-25-16-7-3-2-4-8-16/h2-9,14H,10-13H2,1H3,(H,20,22)(H,21,23). The Bertz CT molecular complexity index is 689. The molecular formula is C19H22N2O4. The number of para-hydroxylation sites is 1. The van der Waals surface area contributed by atoms with Crippen LogP contribution < -0.4 is 20.1 Å². The zero-order valence-electron chi connectivity index (χ0n) is 14.2. The lowest BCUT2D eigenvalue weighted by Gasteiger charge is -2.09. The van der Waals surface area contributed by atoms with Gasteiger partial charge in [-0.05, 0) is 30.3 Å². The van der Waals surface area contributed by atoms with Gasteiger partial charge < -0.3 is 20.1 Å². The van der Waals surface area contributed by atoms with Crippen molar-refractivity contribution in [3.8, 4) is 11.5 Å². The molecule has 2 aromatic carbocycles. The molecule has 0 saturated heterocycles. The van der Waals surface area contributed by atoms with Crippen molar-refractivity contribution in [1.82, 2.24) is 10.6 Å². The molecule has 0 heterocycles. The molecule has 6 nitrogen and oxygen atoms in total. The highest BCUT2D eigenvalue weighted by molar-refractivity contribution is 5.94. The van der Waals surface area contributed by atoms with Gasteiger partial charge in [0.1, 0.15) is 11.5 Å². The highest BCUT2D eigenvalue weighted by Crippen LogP contribution is 2.12. The van der Waals surface area contributed by atoms with E-state index in [1.54, 1.807) is 31.4 Å². The van der Waals surface area contributed by atoms with Crippen LogP contribution >= 0.6 is 0 Å². The van der Waals surface area contributed by atoms with Crippen molar-refractivity contribution in [2.45, 2.75) is 6.42 Å². The van der Waals surface area contributed by atoms with Crippen molar-refractivity contribution in [2.75, 3.05) is 26.8 Å². The highest BCUT2D eigenvalue weighted by atomic mass is 16.5. The van der Waals surface area contributed by atoms with Gasteiger partial charge in [0.15, 0.2) is 0 Å². The first kappa shape index (κ1) is 18.3. The zero-order valence-corrected chi connectivity index (χ0v) is 14.2. The van der Waals surface area contributed by atoms with Crippen LogP contribution in [0.4, 0.5) is 0 Å². The quantitative estimate of drug-likeness (QED) is 0.684. The summed E-state index contributed by atoms with van der Waals surface area (Å²) >= 11 is 0. The molecule has 0 atom stereocenters. The van der Waals surface area contributed by atoms with Gasteiger partial charge >= 0.3 is 0 Å². The van der Waals surface area contributed by atoms with E-state index in [0.29, 0.717) is 31.0 Å². The Balaban J connectivity index is 1.60. The number of ether oxygens (including phenoxy) is 2. The maximum absolute atomic E-state index is 12.0. The topological polar surface area (TPSA) is 76.7 Å². The Morgan fingerprint density at radius 1 is 0.920 bits per heavy atom. The number of nitrogens with one attached hydrogen (secondary N) is 2. The summed E-state index contributed by atoms with van der Waals surface area (Å²) in [6.07, 6.45) is 0.263. The maximum Gasteiger partial charge on any atom is 0.251 e. The van der Waals surface area contributed by atoms with Gasteiger partial charge in [-0.25, -0.2) is 0 Å². The predicted octanol–water partition coefficient (Wildman–Crippen LogP) is 2.01. The molecule has 0 fully saturated rings. The summed E-state index contributed by atoms with van der Waals surface area (Å²) < 4.78 is 10.5. The average Bonchev–Trinajstić information content (AvgIpc) is 2.66. The lowest BCUT2D eigenvalue weighted by atomic mass is 10.2. The van der Waals surface area contributed by atoms with E-state index in [1.807, 2.05) is 30.3 Å². The minimum Gasteiger partial charge on any atom is -0.497 e. The van der Waals surface area contributed by atoms with Crippen molar-refractivity contribution in [3.05, 3.63) is 60.2 Å². The van der Waals surface area contributed by atoms with E-state index in [4.69, 9.17) is 9.47 Å². The average molecular weight is 342 g/mol. The summed E-state index contributed by atoms with van der Waals surface area (Å²) in [6.45, 7) is 1.02. The third-order valence-corrected chi connectivity index (χ3v) is 3.41. The first-order valence-corrected chi connectivity index (χ1v) is 8.06. The van der Waals surface area contributed by atoms with Crippen LogP contribution in [0.2, 0.25) is 0 Å². The molecule has 0 aliphatic heterocycles. The summed E-state index contributed by atoms with van der Waals surface area (Å²) in [5.74, 6) is 1.03. The highest BCUT2D eigenvalue weighted by Gasteiger charge is 2.06. The number of hydrogen-bond donors (Lipinski definition) is 2. The van der Waals surface area contributed by atoms with Crippen molar-refractivity contribution in [2.24, 2.45) is 0 Å². The van der Waals surface area contributed by atoms with E-state index < -0.39 is 0 Å². The molecule has 2 amide bonds. The van der Waals surface area contributed by atoms with Crippen LogP contribution in [0, 0.1) is 0 Å². The second kappa shape index (κ2) is 9.97. The second-order valence-electron chi connectivity index (χ2n) is 5.25. The fourth-order valence-corrected chi connectivity index (χ4v) is 2.11. The molecule has 0 aliphatic rings. The van der Waals surface area contributed by atoms with Crippen molar-refractivity contribution in [1.29, 1.82) is 0 Å². The lowest BCUT2D eigenvalue weighted by molar-refractivity contribution is -0.121. The van der Waals surface area contributed by atoms with Crippen LogP contribution in [-0.4, -0.2) is 38.6 Å². The zero-order chi connectivity index (χ0) is 17.9. The predicted molar refractivity (Wildman–Crippen MR) is 94.9 cm³/mol. The molecule has 2 N–H and O–H groups in total. The van der Waals surface area contributed by atoms with Crippen LogP contribution in [0.15, 0.2) is 54.6 Å². The summed E-state index contributed by atoms with van der Waals surface area (Å²) in [6, 6.07) is 16.2. The molecule has 0 radical (unpaired) electrons. The Hall–Kier alpha value is -3.02. The Labute approximate surface area is 147 Å². The van der Waals surface area contributed by atoms with Crippen molar-refractivity contribution >= 4 is 11.8 Å². The van der Waals surface area contributed by atoms with E-state index in [-0.39, 0.29) is 18.2 Å². The third-order valence-electron chi connectivity index (χ3n) is 3.41. The van der Waals surface area contributed by atoms with Gasteiger partial charge in [0, 0.05) is 18.7 Å². The summed E-state index contributed by atoms with van der Waals surface area (Å²) in [4.78, 5) is 23.7. The summed E-state index contributed by atoms with van der Waals surface area (Å²) in [5, 5.41) is 5.49. The normalized spacial score (nSPS) is 9.96. The Kier molecular flexibility index (Phi) is 7.31. The molecule has 0 saturated carbocycles. The van der Waals surface area contributed by atoms with Crippen LogP contribution in [0.1, 0.15) is 16.8 Å². The Morgan fingerprint density at radius 2 is 1.64 bits per heavy atom. The van der Waals surface area contributed by atoms with E-state index in [1.165, 1.54) is 0 Å². The number of carbonyl (C=O) groups is 2. The minimum absolute atomic E-state index is 0.119. The van der Waals surface area contributed by atoms with Crippen LogP contribution in [0.5, 0.6) is 11.5 Å². The number of benzene rings is 2. The van der Waals surface area contributed by atoms with Crippen molar-refractivity contribution < 1.29 is 19.1 Å². The molecule has 2 rings (SSSR count). The van der Waals surface area contributed by atoms with E-state index in [2.05, 4.69) is 10.6 Å². The molecular weight excluding hydrogens is 320 g/mol. The van der Waals surface area contributed by atoms with Gasteiger partial charge in [0.25, 0.3) is 5.91 Å². The smallest absolute Gasteiger partial charge is 0.251 e. The van der Waals surface area contributed by atoms with Gasteiger partial charge in [0.2, 0.25) is 5.91 Å². The molecule has 0 unspecified atom stereocenters. The van der Waals surface area contributed by atoms with Crippen LogP contribution in [0.3, 0.4) is 0 Å². The van der Waals surface area contributed by atoms with Gasteiger partial charge in [-0.15, -0.1) is 0 Å². The van der Waals surface area contributed by atoms with Crippen molar-refractivity contribution in [3.63, 3.8) is 0 Å². The largest absolute Gasteiger partial charge is 0.497 e. The fourth-order valence-electron chi connectivity index (χ4n) is 2.11. The van der Waals surface area contributed by atoms with Crippen LogP contribution in [-0.2, 0) is 4.79 Å². The molecule has 25 heavy (non-hydrogen) atoms. The minimum atomic E-state index is -0.208. The third kappa shape index (κ3) is 6.55. The number of methoxy groups -OCH3 is 1. The second-order valence-corrected chi connectivity index (χ2v) is 5.25. The first-order valence-electron chi connectivity index (χ1n) is 8.06. The van der Waals surface area contributed by atoms with Gasteiger partial charge in [-0.1, -0.05) is 24.3 Å². The number of hydrogen-bond acceptors (Lipinski definition) is 4. The molecule has 2 aromatic rings. The fraction of sp³-hybridized carbons (Fsp3) is 0.263. The summed E-state index contributed by atoms with van der Waals surface area (Å²) in [7, 11) is 1.55. The van der Waals surface area contributed by atoms with Gasteiger partial charge in [-0.3, -0.25) is 9.59 Å². The van der Waals surface area contributed by atoms with E-state index in [9.17, 15) is 9.59 Å². The van der Waals surface area contributed by atoms with E-state index >= 15 is 0 Å². The first-order chi connectivity index (χ1) is 12.2. The lowest BCUT2D eigenvalue weighted by Crippen LogP contribution is -2.35. The molecule has 0 spiro atoms. The van der Waals surface area contributed by atoms with E-state index in [0.717, 1.165) is 5.75 Å². The number of carbonyl (C=O) groups excluding carboxylic acids is 2. The molecule has 132 valence electrons. The molecule has 0 aliphatic carbocycles. The number of rotatable bonds is 9. The molecule has 0 bridgehead atoms. The molecule has 0 aromatic heterocycles. The van der Waals surface area contributed by atoms with Gasteiger partial charge in [-0.2, -0.15) is 0 Å². The Morgan fingerprint density at radius 3 is 2.40 bits per heavy atom. The van der Waals surface area contributed by atoms with Crippen LogP contribution in [0.25, 0.3) is 0 Å². The van der Waals surface area contributed by atoms with Gasteiger partial charge in [0.05, 0.1) is 20.1 Å². The number of amides is 2. The monoisotopic (exact) mass is 342 g/mol. The SMILES string of the molecule is COc1cccc(C(=O)NCCNC(=O)CCOc2ccccc2)c1. The maximum atomic E-state index is 12.0. The molecule has 6 heteroatoms.